The lowest BCUT2D eigenvalue weighted by Gasteiger charge is -2.42. The van der Waals surface area contributed by atoms with Gasteiger partial charge in [0, 0.05) is 11.6 Å². The van der Waals surface area contributed by atoms with Gasteiger partial charge in [0.1, 0.15) is 0 Å². The number of hydrogen-bond acceptors (Lipinski definition) is 2. The summed E-state index contributed by atoms with van der Waals surface area (Å²) in [6.45, 7) is 6.78. The van der Waals surface area contributed by atoms with E-state index in [0.29, 0.717) is 12.6 Å². The van der Waals surface area contributed by atoms with Crippen LogP contribution in [0.15, 0.2) is 0 Å². The van der Waals surface area contributed by atoms with Gasteiger partial charge in [0.05, 0.1) is 6.54 Å². The van der Waals surface area contributed by atoms with Gasteiger partial charge < -0.3 is 10.6 Å². The van der Waals surface area contributed by atoms with E-state index >= 15 is 0 Å². The number of nitrogens with one attached hydrogen (secondary N) is 2. The lowest BCUT2D eigenvalue weighted by molar-refractivity contribution is -0.121. The van der Waals surface area contributed by atoms with Crippen LogP contribution in [0.1, 0.15) is 52.9 Å². The van der Waals surface area contributed by atoms with Gasteiger partial charge in [0.15, 0.2) is 0 Å². The first kappa shape index (κ1) is 12.5. The van der Waals surface area contributed by atoms with Crippen molar-refractivity contribution in [3.63, 3.8) is 0 Å². The van der Waals surface area contributed by atoms with E-state index in [9.17, 15) is 4.79 Å². The zero-order chi connectivity index (χ0) is 11.3. The van der Waals surface area contributed by atoms with Crippen LogP contribution in [0.4, 0.5) is 0 Å². The van der Waals surface area contributed by atoms with E-state index in [1.807, 2.05) is 6.92 Å². The number of carbonyl (C=O) groups excluding carboxylic acids is 1. The molecule has 1 unspecified atom stereocenters. The van der Waals surface area contributed by atoms with Gasteiger partial charge in [0.2, 0.25) is 5.91 Å². The van der Waals surface area contributed by atoms with Gasteiger partial charge in [-0.3, -0.25) is 4.79 Å². The Kier molecular flexibility index (Phi) is 4.58. The molecule has 3 nitrogen and oxygen atoms in total. The molecule has 2 N–H and O–H groups in total. The molecule has 0 aromatic rings. The summed E-state index contributed by atoms with van der Waals surface area (Å²) >= 11 is 0. The fourth-order valence-corrected chi connectivity index (χ4v) is 1.95. The average Bonchev–Trinajstić information content (AvgIpc) is 2.16. The Hall–Kier alpha value is -0.570. The second kappa shape index (κ2) is 5.50. The van der Waals surface area contributed by atoms with Crippen molar-refractivity contribution in [2.45, 2.75) is 64.5 Å². The van der Waals surface area contributed by atoms with Crippen LogP contribution in [-0.4, -0.2) is 24.0 Å². The van der Waals surface area contributed by atoms with Crippen molar-refractivity contribution >= 4 is 5.91 Å². The molecule has 0 saturated heterocycles. The predicted molar refractivity (Wildman–Crippen MR) is 62.8 cm³/mol. The minimum Gasteiger partial charge on any atom is -0.353 e. The maximum absolute atomic E-state index is 11.5. The van der Waals surface area contributed by atoms with E-state index in [4.69, 9.17) is 0 Å². The molecule has 3 heteroatoms. The quantitative estimate of drug-likeness (QED) is 0.705. The Bertz CT molecular complexity index is 206. The molecule has 0 aromatic carbocycles. The molecule has 0 aliphatic heterocycles. The van der Waals surface area contributed by atoms with E-state index in [2.05, 4.69) is 24.5 Å². The maximum atomic E-state index is 11.5. The summed E-state index contributed by atoms with van der Waals surface area (Å²) in [6.07, 6.45) is 5.86. The van der Waals surface area contributed by atoms with Crippen molar-refractivity contribution in [1.29, 1.82) is 0 Å². The topological polar surface area (TPSA) is 41.1 Å². The van der Waals surface area contributed by atoms with Crippen LogP contribution in [0.25, 0.3) is 0 Å². The highest BCUT2D eigenvalue weighted by Crippen LogP contribution is 2.34. The Labute approximate surface area is 93.0 Å². The first-order chi connectivity index (χ1) is 7.12. The smallest absolute Gasteiger partial charge is 0.234 e. The molecule has 15 heavy (non-hydrogen) atoms. The van der Waals surface area contributed by atoms with Crippen molar-refractivity contribution in [2.75, 3.05) is 6.54 Å². The molecule has 1 saturated carbocycles. The Morgan fingerprint density at radius 2 is 2.07 bits per heavy atom. The minimum absolute atomic E-state index is 0.129. The largest absolute Gasteiger partial charge is 0.353 e. The molecule has 1 aliphatic carbocycles. The Morgan fingerprint density at radius 1 is 1.40 bits per heavy atom. The predicted octanol–water partition coefficient (Wildman–Crippen LogP) is 1.82. The molecule has 1 atom stereocenters. The van der Waals surface area contributed by atoms with Crippen LogP contribution in [0.5, 0.6) is 0 Å². The van der Waals surface area contributed by atoms with Crippen LogP contribution >= 0.6 is 0 Å². The van der Waals surface area contributed by atoms with Gasteiger partial charge in [0.25, 0.3) is 0 Å². The molecular weight excluding hydrogens is 188 g/mol. The molecule has 0 spiro atoms. The zero-order valence-corrected chi connectivity index (χ0v) is 10.2. The average molecular weight is 212 g/mol. The summed E-state index contributed by atoms with van der Waals surface area (Å²) in [7, 11) is 0. The van der Waals surface area contributed by atoms with Crippen LogP contribution in [0.2, 0.25) is 0 Å². The summed E-state index contributed by atoms with van der Waals surface area (Å²) in [6, 6.07) is 0.290. The van der Waals surface area contributed by atoms with Gasteiger partial charge >= 0.3 is 0 Å². The maximum Gasteiger partial charge on any atom is 0.234 e. The Morgan fingerprint density at radius 3 is 2.47 bits per heavy atom. The van der Waals surface area contributed by atoms with E-state index in [0.717, 1.165) is 12.8 Å². The number of rotatable bonds is 6. The molecular formula is C12H24N2O. The van der Waals surface area contributed by atoms with E-state index in [1.165, 1.54) is 19.3 Å². The standard InChI is InChI=1S/C12H24N2O/c1-4-10(3)14-11(15)9-13-12(5-2)7-6-8-12/h10,13H,4-9H2,1-3H3,(H,14,15). The number of carbonyl (C=O) groups is 1. The summed E-state index contributed by atoms with van der Waals surface area (Å²) in [4.78, 5) is 11.5. The molecule has 0 bridgehead atoms. The van der Waals surface area contributed by atoms with Gasteiger partial charge in [-0.2, -0.15) is 0 Å². The summed E-state index contributed by atoms with van der Waals surface area (Å²) < 4.78 is 0. The molecule has 88 valence electrons. The summed E-state index contributed by atoms with van der Waals surface area (Å²) in [5.74, 6) is 0.129. The van der Waals surface area contributed by atoms with Crippen molar-refractivity contribution < 1.29 is 4.79 Å². The minimum atomic E-state index is 0.129. The monoisotopic (exact) mass is 212 g/mol. The van der Waals surface area contributed by atoms with Crippen molar-refractivity contribution in [2.24, 2.45) is 0 Å². The van der Waals surface area contributed by atoms with Crippen LogP contribution in [-0.2, 0) is 4.79 Å². The molecule has 0 radical (unpaired) electrons. The second-order valence-electron chi connectivity index (χ2n) is 4.72. The highest BCUT2D eigenvalue weighted by molar-refractivity contribution is 5.78. The van der Waals surface area contributed by atoms with Gasteiger partial charge in [-0.1, -0.05) is 13.8 Å². The molecule has 0 aromatic heterocycles. The lowest BCUT2D eigenvalue weighted by Crippen LogP contribution is -2.53. The number of amides is 1. The van der Waals surface area contributed by atoms with Crippen LogP contribution in [0.3, 0.4) is 0 Å². The molecule has 1 aliphatic rings. The summed E-state index contributed by atoms with van der Waals surface area (Å²) in [5.41, 5.74) is 0.271. The van der Waals surface area contributed by atoms with Gasteiger partial charge in [-0.25, -0.2) is 0 Å². The van der Waals surface area contributed by atoms with Crippen LogP contribution < -0.4 is 10.6 Å². The second-order valence-corrected chi connectivity index (χ2v) is 4.72. The third kappa shape index (κ3) is 3.49. The zero-order valence-electron chi connectivity index (χ0n) is 10.2. The number of hydrogen-bond donors (Lipinski definition) is 2. The van der Waals surface area contributed by atoms with Gasteiger partial charge in [-0.15, -0.1) is 0 Å². The SMILES string of the molecule is CCC(C)NC(=O)CNC1(CC)CCC1. The van der Waals surface area contributed by atoms with Gasteiger partial charge in [-0.05, 0) is 39.0 Å². The Balaban J connectivity index is 2.21. The molecule has 0 heterocycles. The normalized spacial score (nSPS) is 20.5. The highest BCUT2D eigenvalue weighted by Gasteiger charge is 2.34. The highest BCUT2D eigenvalue weighted by atomic mass is 16.1. The van der Waals surface area contributed by atoms with E-state index in [-0.39, 0.29) is 11.4 Å². The lowest BCUT2D eigenvalue weighted by atomic mass is 9.75. The van der Waals surface area contributed by atoms with E-state index < -0.39 is 0 Å². The first-order valence-electron chi connectivity index (χ1n) is 6.16. The van der Waals surface area contributed by atoms with Crippen molar-refractivity contribution in [3.8, 4) is 0 Å². The molecule has 1 amide bonds. The fraction of sp³-hybridized carbons (Fsp3) is 0.917. The van der Waals surface area contributed by atoms with Crippen LogP contribution in [0, 0.1) is 0 Å². The molecule has 1 rings (SSSR count). The molecule has 1 fully saturated rings. The van der Waals surface area contributed by atoms with E-state index in [1.54, 1.807) is 0 Å². The third-order valence-electron chi connectivity index (χ3n) is 3.63. The summed E-state index contributed by atoms with van der Waals surface area (Å²) in [5, 5.41) is 6.37. The first-order valence-corrected chi connectivity index (χ1v) is 6.16. The fourth-order valence-electron chi connectivity index (χ4n) is 1.95. The van der Waals surface area contributed by atoms with Crippen molar-refractivity contribution in [3.05, 3.63) is 0 Å². The van der Waals surface area contributed by atoms with Crippen molar-refractivity contribution in [1.82, 2.24) is 10.6 Å². The third-order valence-corrected chi connectivity index (χ3v) is 3.63.